The first-order valence-electron chi connectivity index (χ1n) is 6.75. The summed E-state index contributed by atoms with van der Waals surface area (Å²) < 4.78 is 11.2. The van der Waals surface area contributed by atoms with Crippen LogP contribution in [0.4, 0.5) is 5.69 Å². The number of nitrogens with one attached hydrogen (secondary N) is 2. The Balaban J connectivity index is 1.55. The number of oxazole rings is 1. The Bertz CT molecular complexity index is 547. The van der Waals surface area contributed by atoms with Gasteiger partial charge in [-0.2, -0.15) is 0 Å². The summed E-state index contributed by atoms with van der Waals surface area (Å²) in [5.74, 6) is 0.703. The molecule has 1 aromatic heterocycles. The molecule has 1 aromatic carbocycles. The van der Waals surface area contributed by atoms with Gasteiger partial charge in [-0.05, 0) is 18.6 Å². The van der Waals surface area contributed by atoms with E-state index in [0.29, 0.717) is 12.0 Å². The molecule has 2 aromatic rings. The third-order valence-corrected chi connectivity index (χ3v) is 3.30. The maximum Gasteiger partial charge on any atom is 0.192 e. The highest BCUT2D eigenvalue weighted by Gasteiger charge is 2.12. The van der Waals surface area contributed by atoms with Crippen molar-refractivity contribution in [1.82, 2.24) is 10.3 Å². The molecular weight excluding hydrogens is 242 g/mol. The predicted molar refractivity (Wildman–Crippen MR) is 74.5 cm³/mol. The standard InChI is InChI=1S/C14H19N3O2/c1-10-17-13-3-2-11(8-14(13)19-10)16-5-4-12-9-15-6-7-18-12/h2-3,8,12,15-16H,4-7,9H2,1H3. The summed E-state index contributed by atoms with van der Waals surface area (Å²) in [7, 11) is 0. The molecule has 5 nitrogen and oxygen atoms in total. The minimum atomic E-state index is 0.317. The second-order valence-corrected chi connectivity index (χ2v) is 4.83. The van der Waals surface area contributed by atoms with Crippen molar-refractivity contribution in [3.05, 3.63) is 24.1 Å². The number of benzene rings is 1. The van der Waals surface area contributed by atoms with E-state index in [-0.39, 0.29) is 0 Å². The first kappa shape index (κ1) is 12.4. The Kier molecular flexibility index (Phi) is 3.66. The summed E-state index contributed by atoms with van der Waals surface area (Å²) in [5, 5.41) is 6.73. The lowest BCUT2D eigenvalue weighted by Gasteiger charge is -2.23. The molecule has 0 spiro atoms. The van der Waals surface area contributed by atoms with E-state index in [1.54, 1.807) is 0 Å². The van der Waals surface area contributed by atoms with E-state index in [0.717, 1.165) is 49.4 Å². The summed E-state index contributed by atoms with van der Waals surface area (Å²) in [6.07, 6.45) is 1.32. The van der Waals surface area contributed by atoms with E-state index in [2.05, 4.69) is 15.6 Å². The van der Waals surface area contributed by atoms with E-state index < -0.39 is 0 Å². The number of morpholine rings is 1. The van der Waals surface area contributed by atoms with Crippen LogP contribution in [0.25, 0.3) is 11.1 Å². The molecule has 5 heteroatoms. The third-order valence-electron chi connectivity index (χ3n) is 3.30. The maximum atomic E-state index is 5.66. The van der Waals surface area contributed by atoms with Crippen molar-refractivity contribution in [2.75, 3.05) is 31.6 Å². The number of aryl methyl sites for hydroxylation is 1. The monoisotopic (exact) mass is 261 g/mol. The molecule has 19 heavy (non-hydrogen) atoms. The minimum Gasteiger partial charge on any atom is -0.441 e. The van der Waals surface area contributed by atoms with Crippen LogP contribution < -0.4 is 10.6 Å². The molecule has 102 valence electrons. The van der Waals surface area contributed by atoms with Gasteiger partial charge >= 0.3 is 0 Å². The van der Waals surface area contributed by atoms with Gasteiger partial charge in [-0.3, -0.25) is 0 Å². The molecule has 0 saturated carbocycles. The molecule has 0 bridgehead atoms. The van der Waals surface area contributed by atoms with Crippen molar-refractivity contribution in [3.63, 3.8) is 0 Å². The van der Waals surface area contributed by atoms with Crippen molar-refractivity contribution in [2.45, 2.75) is 19.4 Å². The number of fused-ring (bicyclic) bond motifs is 1. The number of hydrogen-bond acceptors (Lipinski definition) is 5. The zero-order chi connectivity index (χ0) is 13.1. The largest absolute Gasteiger partial charge is 0.441 e. The molecule has 0 aliphatic carbocycles. The van der Waals surface area contributed by atoms with Crippen molar-refractivity contribution < 1.29 is 9.15 Å². The SMILES string of the molecule is Cc1nc2ccc(NCCC3CNCCO3)cc2o1. The van der Waals surface area contributed by atoms with Crippen LogP contribution in [0.5, 0.6) is 0 Å². The molecule has 1 atom stereocenters. The lowest BCUT2D eigenvalue weighted by atomic mass is 10.2. The van der Waals surface area contributed by atoms with Crippen molar-refractivity contribution in [2.24, 2.45) is 0 Å². The van der Waals surface area contributed by atoms with Crippen molar-refractivity contribution >= 4 is 16.8 Å². The van der Waals surface area contributed by atoms with E-state index >= 15 is 0 Å². The van der Waals surface area contributed by atoms with Crippen LogP contribution in [0.1, 0.15) is 12.3 Å². The van der Waals surface area contributed by atoms with E-state index in [1.807, 2.05) is 25.1 Å². The Morgan fingerprint density at radius 1 is 1.47 bits per heavy atom. The molecular formula is C14H19N3O2. The van der Waals surface area contributed by atoms with Crippen LogP contribution in [-0.2, 0) is 4.74 Å². The van der Waals surface area contributed by atoms with Crippen LogP contribution in [0.2, 0.25) is 0 Å². The highest BCUT2D eigenvalue weighted by molar-refractivity contribution is 5.77. The Morgan fingerprint density at radius 2 is 2.42 bits per heavy atom. The number of hydrogen-bond donors (Lipinski definition) is 2. The molecule has 1 saturated heterocycles. The van der Waals surface area contributed by atoms with Gasteiger partial charge in [-0.15, -0.1) is 0 Å². The first-order valence-corrected chi connectivity index (χ1v) is 6.75. The fraction of sp³-hybridized carbons (Fsp3) is 0.500. The fourth-order valence-electron chi connectivity index (χ4n) is 2.33. The quantitative estimate of drug-likeness (QED) is 0.880. The van der Waals surface area contributed by atoms with E-state index in [9.17, 15) is 0 Å². The highest BCUT2D eigenvalue weighted by Crippen LogP contribution is 2.19. The van der Waals surface area contributed by atoms with Gasteiger partial charge in [0.15, 0.2) is 11.5 Å². The Hall–Kier alpha value is -1.59. The topological polar surface area (TPSA) is 59.3 Å². The number of aromatic nitrogens is 1. The predicted octanol–water partition coefficient (Wildman–Crippen LogP) is 1.93. The van der Waals surface area contributed by atoms with Crippen molar-refractivity contribution in [3.8, 4) is 0 Å². The zero-order valence-electron chi connectivity index (χ0n) is 11.1. The molecule has 0 amide bonds. The van der Waals surface area contributed by atoms with Gasteiger partial charge in [-0.25, -0.2) is 4.98 Å². The normalized spacial score (nSPS) is 19.7. The zero-order valence-corrected chi connectivity index (χ0v) is 11.1. The number of nitrogens with zero attached hydrogens (tertiary/aromatic N) is 1. The fourth-order valence-corrected chi connectivity index (χ4v) is 2.33. The number of rotatable bonds is 4. The summed E-state index contributed by atoms with van der Waals surface area (Å²) >= 11 is 0. The molecule has 1 unspecified atom stereocenters. The molecule has 1 aliphatic heterocycles. The lowest BCUT2D eigenvalue weighted by molar-refractivity contribution is 0.0258. The van der Waals surface area contributed by atoms with Crippen LogP contribution in [0.3, 0.4) is 0 Å². The van der Waals surface area contributed by atoms with Gasteiger partial charge in [0.05, 0.1) is 12.7 Å². The smallest absolute Gasteiger partial charge is 0.192 e. The van der Waals surface area contributed by atoms with Crippen LogP contribution in [0.15, 0.2) is 22.6 Å². The van der Waals surface area contributed by atoms with Crippen LogP contribution >= 0.6 is 0 Å². The molecule has 0 radical (unpaired) electrons. The summed E-state index contributed by atoms with van der Waals surface area (Å²) in [6.45, 7) is 5.48. The summed E-state index contributed by atoms with van der Waals surface area (Å²) in [5.41, 5.74) is 2.80. The maximum absolute atomic E-state index is 5.66. The lowest BCUT2D eigenvalue weighted by Crippen LogP contribution is -2.39. The van der Waals surface area contributed by atoms with E-state index in [4.69, 9.17) is 9.15 Å². The molecule has 2 N–H and O–H groups in total. The van der Waals surface area contributed by atoms with E-state index in [1.165, 1.54) is 0 Å². The van der Waals surface area contributed by atoms with Gasteiger partial charge in [0.2, 0.25) is 0 Å². The van der Waals surface area contributed by atoms with Gasteiger partial charge in [0.25, 0.3) is 0 Å². The van der Waals surface area contributed by atoms with Crippen LogP contribution in [0, 0.1) is 6.92 Å². The summed E-state index contributed by atoms with van der Waals surface area (Å²) in [6, 6.07) is 6.01. The van der Waals surface area contributed by atoms with Gasteiger partial charge < -0.3 is 19.8 Å². The second-order valence-electron chi connectivity index (χ2n) is 4.83. The summed E-state index contributed by atoms with van der Waals surface area (Å²) in [4.78, 5) is 4.29. The second kappa shape index (κ2) is 5.59. The Labute approximate surface area is 112 Å². The van der Waals surface area contributed by atoms with Gasteiger partial charge in [-0.1, -0.05) is 0 Å². The highest BCUT2D eigenvalue weighted by atomic mass is 16.5. The van der Waals surface area contributed by atoms with Crippen molar-refractivity contribution in [1.29, 1.82) is 0 Å². The molecule has 2 heterocycles. The minimum absolute atomic E-state index is 0.317. The average molecular weight is 261 g/mol. The molecule has 3 rings (SSSR count). The number of ether oxygens (including phenoxy) is 1. The first-order chi connectivity index (χ1) is 9.31. The van der Waals surface area contributed by atoms with Gasteiger partial charge in [0.1, 0.15) is 5.52 Å². The number of anilines is 1. The average Bonchev–Trinajstić information content (AvgIpc) is 2.79. The molecule has 1 fully saturated rings. The van der Waals surface area contributed by atoms with Gasteiger partial charge in [0, 0.05) is 38.3 Å². The van der Waals surface area contributed by atoms with Crippen LogP contribution in [-0.4, -0.2) is 37.3 Å². The third kappa shape index (κ3) is 3.05. The molecule has 1 aliphatic rings. The Morgan fingerprint density at radius 3 is 3.26 bits per heavy atom.